The number of hydrogen-bond donors (Lipinski definition) is 1. The highest BCUT2D eigenvalue weighted by atomic mass is 127. The fraction of sp³-hybridized carbons (Fsp3) is 0.350. The zero-order valence-corrected chi connectivity index (χ0v) is 17.3. The molecule has 0 bridgehead atoms. The van der Waals surface area contributed by atoms with Gasteiger partial charge in [-0.15, -0.1) is 11.3 Å². The van der Waals surface area contributed by atoms with Crippen LogP contribution in [0.4, 0.5) is 0 Å². The van der Waals surface area contributed by atoms with Gasteiger partial charge in [-0.05, 0) is 85.4 Å². The van der Waals surface area contributed by atoms with Gasteiger partial charge in [0.05, 0.1) is 16.3 Å². The number of nitrogens with zero attached hydrogens (tertiary/aromatic N) is 2. The first-order valence-electron chi connectivity index (χ1n) is 8.74. The van der Waals surface area contributed by atoms with E-state index in [0.29, 0.717) is 6.04 Å². The van der Waals surface area contributed by atoms with Crippen molar-refractivity contribution in [3.8, 4) is 0 Å². The highest BCUT2D eigenvalue weighted by Gasteiger charge is 2.24. The van der Waals surface area contributed by atoms with Gasteiger partial charge in [0.15, 0.2) is 0 Å². The van der Waals surface area contributed by atoms with Crippen molar-refractivity contribution in [1.82, 2.24) is 15.2 Å². The Bertz CT molecular complexity index is 822. The SMILES string of the molecule is CN1CCC(NC(c2cccc(I)c2)c2nc3ccccc3s2)CC1. The largest absolute Gasteiger partial charge is 0.306 e. The van der Waals surface area contributed by atoms with Gasteiger partial charge in [0.1, 0.15) is 5.01 Å². The normalized spacial score (nSPS) is 17.8. The molecule has 2 aromatic carbocycles. The van der Waals surface area contributed by atoms with Crippen LogP contribution in [0.5, 0.6) is 0 Å². The van der Waals surface area contributed by atoms with E-state index in [4.69, 9.17) is 4.98 Å². The van der Waals surface area contributed by atoms with Gasteiger partial charge in [-0.2, -0.15) is 0 Å². The maximum absolute atomic E-state index is 4.94. The third-order valence-corrected chi connectivity index (χ3v) is 6.63. The summed E-state index contributed by atoms with van der Waals surface area (Å²) in [6, 6.07) is 17.9. The van der Waals surface area contributed by atoms with Crippen molar-refractivity contribution in [3.63, 3.8) is 0 Å². The van der Waals surface area contributed by atoms with E-state index in [9.17, 15) is 0 Å². The van der Waals surface area contributed by atoms with Gasteiger partial charge in [0.2, 0.25) is 0 Å². The van der Waals surface area contributed by atoms with E-state index in [1.165, 1.54) is 31.7 Å². The first-order valence-corrected chi connectivity index (χ1v) is 10.6. The van der Waals surface area contributed by atoms with Crippen molar-refractivity contribution in [2.75, 3.05) is 20.1 Å². The average molecular weight is 463 g/mol. The summed E-state index contributed by atoms with van der Waals surface area (Å²) in [4.78, 5) is 7.36. The van der Waals surface area contributed by atoms with E-state index in [1.54, 1.807) is 0 Å². The molecule has 25 heavy (non-hydrogen) atoms. The van der Waals surface area contributed by atoms with Gasteiger partial charge in [-0.1, -0.05) is 24.3 Å². The molecular formula is C20H22IN3S. The van der Waals surface area contributed by atoms with Crippen LogP contribution in [-0.4, -0.2) is 36.1 Å². The fourth-order valence-corrected chi connectivity index (χ4v) is 5.04. The zero-order valence-electron chi connectivity index (χ0n) is 14.3. The van der Waals surface area contributed by atoms with Crippen molar-refractivity contribution in [2.45, 2.75) is 24.9 Å². The van der Waals surface area contributed by atoms with Gasteiger partial charge in [-0.3, -0.25) is 0 Å². The molecule has 1 atom stereocenters. The molecule has 1 saturated heterocycles. The summed E-state index contributed by atoms with van der Waals surface area (Å²) in [6.45, 7) is 2.33. The number of para-hydroxylation sites is 1. The number of nitrogens with one attached hydrogen (secondary N) is 1. The molecule has 1 N–H and O–H groups in total. The molecule has 0 amide bonds. The summed E-state index contributed by atoms with van der Waals surface area (Å²) in [5.74, 6) is 0. The predicted octanol–water partition coefficient (Wildman–Crippen LogP) is 4.67. The number of thiazole rings is 1. The molecule has 4 rings (SSSR count). The van der Waals surface area contributed by atoms with Crippen LogP contribution >= 0.6 is 33.9 Å². The van der Waals surface area contributed by atoms with Crippen molar-refractivity contribution >= 4 is 44.1 Å². The Hall–Kier alpha value is -1.02. The Labute approximate surface area is 166 Å². The molecule has 1 aliphatic rings. The Morgan fingerprint density at radius 3 is 2.72 bits per heavy atom. The predicted molar refractivity (Wildman–Crippen MR) is 114 cm³/mol. The number of halogens is 1. The first kappa shape index (κ1) is 17.4. The van der Waals surface area contributed by atoms with Crippen LogP contribution in [0.3, 0.4) is 0 Å². The molecule has 1 unspecified atom stereocenters. The Morgan fingerprint density at radius 1 is 1.16 bits per heavy atom. The van der Waals surface area contributed by atoms with Crippen molar-refractivity contribution in [1.29, 1.82) is 0 Å². The quantitative estimate of drug-likeness (QED) is 0.570. The summed E-state index contributed by atoms with van der Waals surface area (Å²) in [5, 5.41) is 5.08. The number of aromatic nitrogens is 1. The van der Waals surface area contributed by atoms with Gasteiger partial charge in [0, 0.05) is 9.61 Å². The molecule has 0 radical (unpaired) electrons. The Balaban J connectivity index is 1.67. The van der Waals surface area contributed by atoms with Crippen LogP contribution in [0.2, 0.25) is 0 Å². The second-order valence-corrected chi connectivity index (χ2v) is 9.06. The highest BCUT2D eigenvalue weighted by molar-refractivity contribution is 14.1. The minimum Gasteiger partial charge on any atom is -0.306 e. The number of rotatable bonds is 4. The third-order valence-electron chi connectivity index (χ3n) is 4.86. The van der Waals surface area contributed by atoms with E-state index in [1.807, 2.05) is 11.3 Å². The number of piperidine rings is 1. The lowest BCUT2D eigenvalue weighted by Gasteiger charge is -2.32. The van der Waals surface area contributed by atoms with E-state index < -0.39 is 0 Å². The van der Waals surface area contributed by atoms with Crippen LogP contribution in [0.25, 0.3) is 10.2 Å². The molecule has 0 spiro atoms. The smallest absolute Gasteiger partial charge is 0.115 e. The fourth-order valence-electron chi connectivity index (χ4n) is 3.42. The summed E-state index contributed by atoms with van der Waals surface area (Å²) >= 11 is 4.20. The van der Waals surface area contributed by atoms with E-state index in [0.717, 1.165) is 18.6 Å². The van der Waals surface area contributed by atoms with Crippen LogP contribution in [-0.2, 0) is 0 Å². The summed E-state index contributed by atoms with van der Waals surface area (Å²) in [7, 11) is 2.21. The minimum absolute atomic E-state index is 0.167. The van der Waals surface area contributed by atoms with Gasteiger partial charge in [0.25, 0.3) is 0 Å². The molecule has 3 nitrogen and oxygen atoms in total. The first-order chi connectivity index (χ1) is 12.2. The molecule has 3 aromatic rings. The lowest BCUT2D eigenvalue weighted by Crippen LogP contribution is -2.42. The lowest BCUT2D eigenvalue weighted by molar-refractivity contribution is 0.229. The second kappa shape index (κ2) is 7.70. The minimum atomic E-state index is 0.167. The topological polar surface area (TPSA) is 28.2 Å². The highest BCUT2D eigenvalue weighted by Crippen LogP contribution is 2.32. The standard InChI is InChI=1S/C20H22IN3S/c1-24-11-9-16(10-12-24)22-19(14-5-4-6-15(21)13-14)20-23-17-7-2-3-8-18(17)25-20/h2-8,13,16,19,22H,9-12H2,1H3. The maximum Gasteiger partial charge on any atom is 0.115 e. The van der Waals surface area contributed by atoms with Gasteiger partial charge < -0.3 is 10.2 Å². The number of benzene rings is 2. The molecule has 1 aromatic heterocycles. The molecule has 0 saturated carbocycles. The molecule has 1 fully saturated rings. The number of likely N-dealkylation sites (tertiary alicyclic amines) is 1. The molecule has 0 aliphatic carbocycles. The maximum atomic E-state index is 4.94. The van der Waals surface area contributed by atoms with Gasteiger partial charge in [-0.25, -0.2) is 4.98 Å². The van der Waals surface area contributed by atoms with Crippen molar-refractivity contribution in [2.24, 2.45) is 0 Å². The molecule has 5 heteroatoms. The zero-order chi connectivity index (χ0) is 17.2. The van der Waals surface area contributed by atoms with Crippen LogP contribution in [0.1, 0.15) is 29.5 Å². The summed E-state index contributed by atoms with van der Waals surface area (Å²) < 4.78 is 2.53. The van der Waals surface area contributed by atoms with Gasteiger partial charge >= 0.3 is 0 Å². The van der Waals surface area contributed by atoms with Crippen LogP contribution < -0.4 is 5.32 Å². The third kappa shape index (κ3) is 4.05. The van der Waals surface area contributed by atoms with E-state index in [-0.39, 0.29) is 6.04 Å². The monoisotopic (exact) mass is 463 g/mol. The lowest BCUT2D eigenvalue weighted by atomic mass is 10.0. The second-order valence-electron chi connectivity index (χ2n) is 6.75. The number of hydrogen-bond acceptors (Lipinski definition) is 4. The molecular weight excluding hydrogens is 441 g/mol. The Morgan fingerprint density at radius 2 is 1.96 bits per heavy atom. The van der Waals surface area contributed by atoms with Crippen LogP contribution in [0, 0.1) is 3.57 Å². The average Bonchev–Trinajstić information content (AvgIpc) is 3.05. The Kier molecular flexibility index (Phi) is 5.36. The molecule has 1 aliphatic heterocycles. The summed E-state index contributed by atoms with van der Waals surface area (Å²) in [6.07, 6.45) is 2.39. The van der Waals surface area contributed by atoms with Crippen LogP contribution in [0.15, 0.2) is 48.5 Å². The molecule has 130 valence electrons. The van der Waals surface area contributed by atoms with Crippen molar-refractivity contribution < 1.29 is 0 Å². The summed E-state index contributed by atoms with van der Waals surface area (Å²) in [5.41, 5.74) is 2.41. The van der Waals surface area contributed by atoms with E-state index >= 15 is 0 Å². The van der Waals surface area contributed by atoms with E-state index in [2.05, 4.69) is 88.4 Å². The van der Waals surface area contributed by atoms with Crippen molar-refractivity contribution in [3.05, 3.63) is 62.7 Å². The number of fused-ring (bicyclic) bond motifs is 1. The molecule has 2 heterocycles.